The fourth-order valence-corrected chi connectivity index (χ4v) is 2.80. The number of nitrogens with one attached hydrogen (secondary N) is 2. The molecule has 0 aliphatic carbocycles. The maximum atomic E-state index is 12.7. The van der Waals surface area contributed by atoms with Crippen LogP contribution in [0, 0.1) is 6.92 Å². The Balaban J connectivity index is 2.12. The van der Waals surface area contributed by atoms with Gasteiger partial charge in [0.1, 0.15) is 0 Å². The number of ether oxygens (including phenoxy) is 1. The van der Waals surface area contributed by atoms with Gasteiger partial charge in [0.15, 0.2) is 6.61 Å². The van der Waals surface area contributed by atoms with Crippen LogP contribution < -0.4 is 15.5 Å². The van der Waals surface area contributed by atoms with E-state index in [4.69, 9.17) is 9.94 Å². The minimum atomic E-state index is -2.59. The summed E-state index contributed by atoms with van der Waals surface area (Å²) in [7, 11) is 1.68. The summed E-state index contributed by atoms with van der Waals surface area (Å²) in [4.78, 5) is 29.8. The Morgan fingerprint density at radius 3 is 2.86 bits per heavy atom. The molecular formula is C18H22F2N4O4. The van der Waals surface area contributed by atoms with E-state index in [0.29, 0.717) is 22.3 Å². The van der Waals surface area contributed by atoms with E-state index in [1.165, 1.54) is 11.1 Å². The summed E-state index contributed by atoms with van der Waals surface area (Å²) in [6.45, 7) is 1.39. The molecule has 0 atom stereocenters. The molecule has 0 saturated carbocycles. The molecule has 152 valence electrons. The first-order valence-corrected chi connectivity index (χ1v) is 8.50. The van der Waals surface area contributed by atoms with Gasteiger partial charge in [-0.05, 0) is 36.4 Å². The minimum absolute atomic E-state index is 0.111. The molecule has 1 aromatic heterocycles. The van der Waals surface area contributed by atoms with Crippen molar-refractivity contribution >= 4 is 11.8 Å². The maximum Gasteiger partial charge on any atom is 0.272 e. The molecule has 0 aromatic carbocycles. The molecule has 3 N–H and O–H groups in total. The van der Waals surface area contributed by atoms with Gasteiger partial charge in [-0.25, -0.2) is 19.2 Å². The first kappa shape index (κ1) is 21.3. The van der Waals surface area contributed by atoms with Gasteiger partial charge in [-0.2, -0.15) is 0 Å². The fraction of sp³-hybridized carbons (Fsp3) is 0.389. The van der Waals surface area contributed by atoms with Crippen molar-refractivity contribution in [3.8, 4) is 5.88 Å². The van der Waals surface area contributed by atoms with E-state index in [0.717, 1.165) is 0 Å². The summed E-state index contributed by atoms with van der Waals surface area (Å²) >= 11 is 0. The molecule has 0 unspecified atom stereocenters. The molecule has 2 heterocycles. The number of hydrogen-bond donors (Lipinski definition) is 3. The third kappa shape index (κ3) is 5.49. The van der Waals surface area contributed by atoms with Gasteiger partial charge in [-0.15, -0.1) is 0 Å². The normalized spacial score (nSPS) is 14.4. The Morgan fingerprint density at radius 1 is 1.50 bits per heavy atom. The number of nitrogens with zero attached hydrogens (tertiary/aromatic N) is 2. The summed E-state index contributed by atoms with van der Waals surface area (Å²) in [5.41, 5.74) is 3.78. The van der Waals surface area contributed by atoms with Gasteiger partial charge in [-0.3, -0.25) is 14.8 Å². The molecule has 1 aliphatic heterocycles. The standard InChI is InChI=1S/C18H22F2N4O4/c1-11-5-12(7-22-17(11)28-10-15(19)20)8-24-9-13(6-16(25)23-27)14(18(24)26)3-4-21-2/h3-5,7,15,21,27H,6,8-10H2,1-2H3,(H,23,25)/b4-3-. The quantitative estimate of drug-likeness (QED) is 0.429. The highest BCUT2D eigenvalue weighted by Crippen LogP contribution is 2.25. The zero-order valence-electron chi connectivity index (χ0n) is 15.5. The monoisotopic (exact) mass is 396 g/mol. The number of amides is 2. The SMILES string of the molecule is CN/C=C\C1=C(CC(=O)NO)CN(Cc2cnc(OCC(F)F)c(C)c2)C1=O. The Bertz CT molecular complexity index is 796. The van der Waals surface area contributed by atoms with Crippen LogP contribution in [0.1, 0.15) is 17.5 Å². The lowest BCUT2D eigenvalue weighted by Gasteiger charge is -2.17. The highest BCUT2D eigenvalue weighted by atomic mass is 19.3. The number of hydrogen-bond acceptors (Lipinski definition) is 6. The number of rotatable bonds is 9. The third-order valence-corrected chi connectivity index (χ3v) is 4.00. The van der Waals surface area contributed by atoms with Crippen molar-refractivity contribution in [3.05, 3.63) is 46.8 Å². The van der Waals surface area contributed by atoms with Gasteiger partial charge >= 0.3 is 0 Å². The lowest BCUT2D eigenvalue weighted by molar-refractivity contribution is -0.128. The average molecular weight is 396 g/mol. The Kier molecular flexibility index (Phi) is 7.44. The van der Waals surface area contributed by atoms with Gasteiger partial charge < -0.3 is 15.0 Å². The van der Waals surface area contributed by atoms with E-state index in [1.54, 1.807) is 37.8 Å². The second-order valence-electron chi connectivity index (χ2n) is 6.18. The number of halogens is 2. The summed E-state index contributed by atoms with van der Waals surface area (Å²) in [5.74, 6) is -0.756. The number of aryl methyl sites for hydroxylation is 1. The molecule has 10 heteroatoms. The number of carbonyl (C=O) groups excluding carboxylic acids is 2. The zero-order valence-corrected chi connectivity index (χ0v) is 15.5. The number of hydroxylamine groups is 1. The molecular weight excluding hydrogens is 374 g/mol. The van der Waals surface area contributed by atoms with Crippen LogP contribution in [0.15, 0.2) is 35.7 Å². The van der Waals surface area contributed by atoms with Crippen LogP contribution in [-0.2, 0) is 16.1 Å². The van der Waals surface area contributed by atoms with Crippen molar-refractivity contribution in [1.29, 1.82) is 0 Å². The molecule has 0 fully saturated rings. The first-order valence-electron chi connectivity index (χ1n) is 8.50. The molecule has 0 saturated heterocycles. The number of aromatic nitrogens is 1. The number of carbonyl (C=O) groups is 2. The van der Waals surface area contributed by atoms with Crippen LogP contribution in [0.25, 0.3) is 0 Å². The van der Waals surface area contributed by atoms with Gasteiger partial charge in [-0.1, -0.05) is 0 Å². The van der Waals surface area contributed by atoms with Gasteiger partial charge in [0, 0.05) is 37.5 Å². The smallest absolute Gasteiger partial charge is 0.272 e. The van der Waals surface area contributed by atoms with E-state index in [9.17, 15) is 18.4 Å². The highest BCUT2D eigenvalue weighted by Gasteiger charge is 2.29. The molecule has 8 nitrogen and oxygen atoms in total. The highest BCUT2D eigenvalue weighted by molar-refractivity contribution is 6.00. The van der Waals surface area contributed by atoms with E-state index in [1.807, 2.05) is 0 Å². The third-order valence-electron chi connectivity index (χ3n) is 4.00. The summed E-state index contributed by atoms with van der Waals surface area (Å²) in [6, 6.07) is 1.71. The Labute approximate surface area is 160 Å². The lowest BCUT2D eigenvalue weighted by atomic mass is 10.1. The molecule has 0 radical (unpaired) electrons. The summed E-state index contributed by atoms with van der Waals surface area (Å²) in [6.07, 6.45) is 1.91. The van der Waals surface area contributed by atoms with Gasteiger partial charge in [0.25, 0.3) is 12.3 Å². The van der Waals surface area contributed by atoms with E-state index < -0.39 is 18.9 Å². The van der Waals surface area contributed by atoms with Crippen LogP contribution in [-0.4, -0.2) is 53.5 Å². The lowest BCUT2D eigenvalue weighted by Crippen LogP contribution is -2.27. The van der Waals surface area contributed by atoms with Crippen LogP contribution in [0.5, 0.6) is 5.88 Å². The van der Waals surface area contributed by atoms with Crippen molar-refractivity contribution in [3.63, 3.8) is 0 Å². The van der Waals surface area contributed by atoms with Crippen molar-refractivity contribution in [2.75, 3.05) is 20.2 Å². The predicted octanol–water partition coefficient (Wildman–Crippen LogP) is 1.30. The van der Waals surface area contributed by atoms with E-state index in [2.05, 4.69) is 10.3 Å². The molecule has 0 spiro atoms. The fourth-order valence-electron chi connectivity index (χ4n) is 2.80. The second-order valence-corrected chi connectivity index (χ2v) is 6.18. The minimum Gasteiger partial charge on any atom is -0.471 e. The molecule has 2 rings (SSSR count). The second kappa shape index (κ2) is 9.79. The predicted molar refractivity (Wildman–Crippen MR) is 95.7 cm³/mol. The van der Waals surface area contributed by atoms with Crippen LogP contribution >= 0.6 is 0 Å². The van der Waals surface area contributed by atoms with Crippen LogP contribution in [0.3, 0.4) is 0 Å². The Hall–Kier alpha value is -3.01. The van der Waals surface area contributed by atoms with Gasteiger partial charge in [0.2, 0.25) is 11.8 Å². The zero-order chi connectivity index (χ0) is 20.7. The van der Waals surface area contributed by atoms with E-state index >= 15 is 0 Å². The molecule has 2 amide bonds. The first-order chi connectivity index (χ1) is 13.3. The van der Waals surface area contributed by atoms with Crippen molar-refractivity contribution in [1.82, 2.24) is 20.7 Å². The topological polar surface area (TPSA) is 104 Å². The van der Waals surface area contributed by atoms with Crippen molar-refractivity contribution in [2.24, 2.45) is 0 Å². The molecule has 1 aromatic rings. The summed E-state index contributed by atoms with van der Waals surface area (Å²) < 4.78 is 29.5. The van der Waals surface area contributed by atoms with E-state index in [-0.39, 0.29) is 31.3 Å². The van der Waals surface area contributed by atoms with Gasteiger partial charge in [0.05, 0.1) is 6.42 Å². The molecule has 1 aliphatic rings. The largest absolute Gasteiger partial charge is 0.471 e. The molecule has 28 heavy (non-hydrogen) atoms. The maximum absolute atomic E-state index is 12.7. The molecule has 0 bridgehead atoms. The van der Waals surface area contributed by atoms with Crippen molar-refractivity contribution < 1.29 is 28.3 Å². The number of alkyl halides is 2. The van der Waals surface area contributed by atoms with Crippen LogP contribution in [0.4, 0.5) is 8.78 Å². The Morgan fingerprint density at radius 2 is 2.25 bits per heavy atom. The van der Waals surface area contributed by atoms with Crippen LogP contribution in [0.2, 0.25) is 0 Å². The average Bonchev–Trinajstić information content (AvgIpc) is 2.93. The summed E-state index contributed by atoms with van der Waals surface area (Å²) in [5, 5.41) is 11.5. The number of pyridine rings is 1. The van der Waals surface area contributed by atoms with Crippen molar-refractivity contribution in [2.45, 2.75) is 26.3 Å².